The molecular weight excluding hydrogens is 314 g/mol. The largest absolute Gasteiger partial charge is 0.350 e. The van der Waals surface area contributed by atoms with Crippen LogP contribution in [-0.2, 0) is 16.1 Å². The van der Waals surface area contributed by atoms with E-state index < -0.39 is 6.04 Å². The fraction of sp³-hybridized carbons (Fsp3) is 0.529. The summed E-state index contributed by atoms with van der Waals surface area (Å²) in [4.78, 5) is 23.5. The first-order valence-corrected chi connectivity index (χ1v) is 7.59. The molecule has 0 unspecified atom stereocenters. The van der Waals surface area contributed by atoms with Crippen LogP contribution in [0.5, 0.6) is 0 Å². The fourth-order valence-electron chi connectivity index (χ4n) is 2.33. The summed E-state index contributed by atoms with van der Waals surface area (Å²) in [6, 6.07) is 3.60. The third kappa shape index (κ3) is 6.59. The smallest absolute Gasteiger partial charge is 0.239 e. The Morgan fingerprint density at radius 3 is 2.09 bits per heavy atom. The molecule has 0 saturated heterocycles. The van der Waals surface area contributed by atoms with Crippen molar-refractivity contribution in [2.75, 3.05) is 6.54 Å². The van der Waals surface area contributed by atoms with Gasteiger partial charge in [-0.1, -0.05) is 31.5 Å². The second-order valence-electron chi connectivity index (χ2n) is 6.14. The minimum atomic E-state index is -0.589. The number of nitrogens with two attached hydrogens (primary N) is 1. The van der Waals surface area contributed by atoms with Gasteiger partial charge < -0.3 is 16.4 Å². The van der Waals surface area contributed by atoms with E-state index in [0.717, 1.165) is 16.7 Å². The van der Waals surface area contributed by atoms with E-state index in [4.69, 9.17) is 5.73 Å². The number of halogens is 1. The minimum absolute atomic E-state index is 0. The molecule has 0 spiro atoms. The molecule has 0 fully saturated rings. The summed E-state index contributed by atoms with van der Waals surface area (Å²) in [5, 5.41) is 5.39. The van der Waals surface area contributed by atoms with Crippen LogP contribution in [0, 0.1) is 26.7 Å². The van der Waals surface area contributed by atoms with Crippen LogP contribution in [0.2, 0.25) is 0 Å². The van der Waals surface area contributed by atoms with Crippen molar-refractivity contribution in [3.8, 4) is 0 Å². The van der Waals surface area contributed by atoms with Crippen LogP contribution in [0.15, 0.2) is 12.1 Å². The highest BCUT2D eigenvalue weighted by Crippen LogP contribution is 2.15. The third-order valence-corrected chi connectivity index (χ3v) is 3.75. The number of carbonyl (C=O) groups excluding carboxylic acids is 2. The molecule has 0 aliphatic rings. The Balaban J connectivity index is 0.00000484. The van der Waals surface area contributed by atoms with Crippen LogP contribution in [0.4, 0.5) is 0 Å². The molecule has 0 radical (unpaired) electrons. The van der Waals surface area contributed by atoms with Crippen LogP contribution in [0.25, 0.3) is 0 Å². The van der Waals surface area contributed by atoms with E-state index >= 15 is 0 Å². The Morgan fingerprint density at radius 1 is 1.09 bits per heavy atom. The van der Waals surface area contributed by atoms with Crippen molar-refractivity contribution < 1.29 is 9.59 Å². The van der Waals surface area contributed by atoms with Gasteiger partial charge in [-0.2, -0.15) is 0 Å². The molecule has 1 atom stereocenters. The van der Waals surface area contributed by atoms with Crippen molar-refractivity contribution >= 4 is 24.2 Å². The molecule has 130 valence electrons. The SMILES string of the molecule is Cc1cc(C)c(CNC(=O)CNC(=O)[C@@H](N)C(C)C)c(C)c1.Cl. The van der Waals surface area contributed by atoms with E-state index in [1.54, 1.807) is 0 Å². The van der Waals surface area contributed by atoms with Gasteiger partial charge in [0.05, 0.1) is 12.6 Å². The van der Waals surface area contributed by atoms with E-state index in [0.29, 0.717) is 6.54 Å². The molecule has 5 nitrogen and oxygen atoms in total. The normalized spacial score (nSPS) is 11.6. The van der Waals surface area contributed by atoms with Crippen LogP contribution < -0.4 is 16.4 Å². The van der Waals surface area contributed by atoms with Crippen LogP contribution in [-0.4, -0.2) is 24.4 Å². The first-order valence-electron chi connectivity index (χ1n) is 7.59. The van der Waals surface area contributed by atoms with Gasteiger partial charge in [-0.3, -0.25) is 9.59 Å². The monoisotopic (exact) mass is 341 g/mol. The average Bonchev–Trinajstić information content (AvgIpc) is 2.42. The van der Waals surface area contributed by atoms with Crippen molar-refractivity contribution in [1.82, 2.24) is 10.6 Å². The maximum Gasteiger partial charge on any atom is 0.239 e. The summed E-state index contributed by atoms with van der Waals surface area (Å²) < 4.78 is 0. The lowest BCUT2D eigenvalue weighted by molar-refractivity contribution is -0.127. The summed E-state index contributed by atoms with van der Waals surface area (Å²) >= 11 is 0. The van der Waals surface area contributed by atoms with E-state index in [9.17, 15) is 9.59 Å². The van der Waals surface area contributed by atoms with Gasteiger partial charge in [0.25, 0.3) is 0 Å². The Morgan fingerprint density at radius 2 is 1.61 bits per heavy atom. The van der Waals surface area contributed by atoms with Gasteiger partial charge in [0, 0.05) is 6.54 Å². The number of benzene rings is 1. The summed E-state index contributed by atoms with van der Waals surface area (Å²) in [6.45, 7) is 10.3. The van der Waals surface area contributed by atoms with Crippen LogP contribution in [0.3, 0.4) is 0 Å². The molecule has 2 amide bonds. The second kappa shape index (κ2) is 9.53. The minimum Gasteiger partial charge on any atom is -0.350 e. The van der Waals surface area contributed by atoms with Gasteiger partial charge in [0.2, 0.25) is 11.8 Å². The Bertz CT molecular complexity index is 536. The molecule has 4 N–H and O–H groups in total. The molecule has 1 aromatic carbocycles. The molecule has 1 aromatic rings. The van der Waals surface area contributed by atoms with Gasteiger partial charge in [-0.05, 0) is 43.4 Å². The van der Waals surface area contributed by atoms with E-state index in [1.807, 2.05) is 27.7 Å². The van der Waals surface area contributed by atoms with Gasteiger partial charge in [-0.25, -0.2) is 0 Å². The Labute approximate surface area is 144 Å². The lowest BCUT2D eigenvalue weighted by atomic mass is 10.00. The van der Waals surface area contributed by atoms with Crippen molar-refractivity contribution in [3.05, 3.63) is 34.4 Å². The molecule has 0 heterocycles. The summed E-state index contributed by atoms with van der Waals surface area (Å²) in [5.74, 6) is -0.475. The number of carbonyl (C=O) groups is 2. The number of amides is 2. The highest BCUT2D eigenvalue weighted by atomic mass is 35.5. The lowest BCUT2D eigenvalue weighted by Crippen LogP contribution is -2.47. The van der Waals surface area contributed by atoms with Gasteiger partial charge in [-0.15, -0.1) is 12.4 Å². The number of hydrogen-bond acceptors (Lipinski definition) is 3. The molecule has 0 aliphatic heterocycles. The summed E-state index contributed by atoms with van der Waals surface area (Å²) in [5.41, 5.74) is 10.4. The number of hydrogen-bond donors (Lipinski definition) is 3. The molecule has 6 heteroatoms. The number of aryl methyl sites for hydroxylation is 3. The van der Waals surface area contributed by atoms with Gasteiger partial charge in [0.15, 0.2) is 0 Å². The Hall–Kier alpha value is -1.59. The predicted molar refractivity (Wildman–Crippen MR) is 95.6 cm³/mol. The predicted octanol–water partition coefficient (Wildman–Crippen LogP) is 1.75. The molecule has 0 saturated carbocycles. The lowest BCUT2D eigenvalue weighted by Gasteiger charge is -2.16. The highest BCUT2D eigenvalue weighted by molar-refractivity contribution is 5.87. The van der Waals surface area contributed by atoms with Crippen molar-refractivity contribution in [2.45, 2.75) is 47.2 Å². The van der Waals surface area contributed by atoms with Crippen LogP contribution >= 0.6 is 12.4 Å². The van der Waals surface area contributed by atoms with Crippen molar-refractivity contribution in [2.24, 2.45) is 11.7 Å². The first kappa shape index (κ1) is 21.4. The fourth-order valence-corrected chi connectivity index (χ4v) is 2.33. The third-order valence-electron chi connectivity index (χ3n) is 3.75. The van der Waals surface area contributed by atoms with E-state index in [2.05, 4.69) is 29.7 Å². The maximum absolute atomic E-state index is 11.8. The standard InChI is InChI=1S/C17H27N3O2.ClH/c1-10(2)16(18)17(22)20-9-15(21)19-8-14-12(4)6-11(3)7-13(14)5;/h6-7,10,16H,8-9,18H2,1-5H3,(H,19,21)(H,20,22);1H/t16-;/m0./s1. The van der Waals surface area contributed by atoms with Gasteiger partial charge >= 0.3 is 0 Å². The highest BCUT2D eigenvalue weighted by Gasteiger charge is 2.17. The molecule has 0 bridgehead atoms. The summed E-state index contributed by atoms with van der Waals surface area (Å²) in [6.07, 6.45) is 0. The zero-order valence-electron chi connectivity index (χ0n) is 14.5. The zero-order chi connectivity index (χ0) is 16.9. The van der Waals surface area contributed by atoms with Crippen LogP contribution in [0.1, 0.15) is 36.1 Å². The Kier molecular flexibility index (Phi) is 8.87. The maximum atomic E-state index is 11.8. The average molecular weight is 342 g/mol. The van der Waals surface area contributed by atoms with E-state index in [1.165, 1.54) is 5.56 Å². The molecule has 0 aliphatic carbocycles. The quantitative estimate of drug-likeness (QED) is 0.737. The molecule has 0 aromatic heterocycles. The number of rotatable bonds is 6. The summed E-state index contributed by atoms with van der Waals surface area (Å²) in [7, 11) is 0. The zero-order valence-corrected chi connectivity index (χ0v) is 15.3. The topological polar surface area (TPSA) is 84.2 Å². The van der Waals surface area contributed by atoms with Gasteiger partial charge in [0.1, 0.15) is 0 Å². The number of nitrogens with one attached hydrogen (secondary N) is 2. The first-order chi connectivity index (χ1) is 10.2. The molecule has 23 heavy (non-hydrogen) atoms. The van der Waals surface area contributed by atoms with Crippen molar-refractivity contribution in [1.29, 1.82) is 0 Å². The molecule has 1 rings (SSSR count). The van der Waals surface area contributed by atoms with Crippen molar-refractivity contribution in [3.63, 3.8) is 0 Å². The molecular formula is C17H28ClN3O2. The second-order valence-corrected chi connectivity index (χ2v) is 6.14. The van der Waals surface area contributed by atoms with E-state index in [-0.39, 0.29) is 36.7 Å².